The van der Waals surface area contributed by atoms with Crippen LogP contribution in [0.15, 0.2) is 60.7 Å². The normalized spacial score (nSPS) is 14.8. The molecule has 144 valence electrons. The van der Waals surface area contributed by atoms with E-state index in [9.17, 15) is 4.79 Å². The Kier molecular flexibility index (Phi) is 5.26. The molecule has 5 nitrogen and oxygen atoms in total. The molecule has 2 N–H and O–H groups in total. The largest absolute Gasteiger partial charge is 0.368 e. The summed E-state index contributed by atoms with van der Waals surface area (Å²) in [7, 11) is 4.14. The summed E-state index contributed by atoms with van der Waals surface area (Å²) in [5, 5.41) is 7.43. The lowest BCUT2D eigenvalue weighted by molar-refractivity contribution is 0.0952. The van der Waals surface area contributed by atoms with Crippen molar-refractivity contribution >= 4 is 22.6 Å². The van der Waals surface area contributed by atoms with Gasteiger partial charge in [-0.05, 0) is 44.6 Å². The summed E-state index contributed by atoms with van der Waals surface area (Å²) in [6.45, 7) is 0.700. The Bertz CT molecular complexity index is 967. The molecule has 0 radical (unpaired) electrons. The summed E-state index contributed by atoms with van der Waals surface area (Å²) < 4.78 is 0. The quantitative estimate of drug-likeness (QED) is 0.660. The van der Waals surface area contributed by atoms with Crippen molar-refractivity contribution in [2.24, 2.45) is 0 Å². The third-order valence-corrected chi connectivity index (χ3v) is 5.16. The molecule has 4 rings (SSSR count). The molecule has 1 aliphatic carbocycles. The van der Waals surface area contributed by atoms with Gasteiger partial charge in [0.25, 0.3) is 5.91 Å². The first kappa shape index (κ1) is 18.4. The maximum absolute atomic E-state index is 12.8. The van der Waals surface area contributed by atoms with Crippen LogP contribution in [0.5, 0.6) is 0 Å². The Labute approximate surface area is 165 Å². The first-order chi connectivity index (χ1) is 13.6. The second kappa shape index (κ2) is 7.98. The van der Waals surface area contributed by atoms with Crippen molar-refractivity contribution in [2.45, 2.75) is 24.9 Å². The van der Waals surface area contributed by atoms with E-state index in [0.29, 0.717) is 18.2 Å². The summed E-state index contributed by atoms with van der Waals surface area (Å²) >= 11 is 0. The zero-order valence-corrected chi connectivity index (χ0v) is 16.4. The first-order valence-electron chi connectivity index (χ1n) is 9.77. The van der Waals surface area contributed by atoms with E-state index in [-0.39, 0.29) is 11.9 Å². The molecule has 0 spiro atoms. The maximum atomic E-state index is 12.8. The second-order valence-electron chi connectivity index (χ2n) is 7.59. The van der Waals surface area contributed by atoms with Crippen molar-refractivity contribution in [3.8, 4) is 0 Å². The fraction of sp³-hybridized carbons (Fsp3) is 0.304. The van der Waals surface area contributed by atoms with Crippen molar-refractivity contribution in [1.82, 2.24) is 15.2 Å². The van der Waals surface area contributed by atoms with Crippen molar-refractivity contribution in [2.75, 3.05) is 26.0 Å². The van der Waals surface area contributed by atoms with Gasteiger partial charge in [0.2, 0.25) is 0 Å². The van der Waals surface area contributed by atoms with Gasteiger partial charge in [-0.25, -0.2) is 4.98 Å². The van der Waals surface area contributed by atoms with Gasteiger partial charge in [-0.1, -0.05) is 48.5 Å². The molecule has 1 fully saturated rings. The summed E-state index contributed by atoms with van der Waals surface area (Å²) in [4.78, 5) is 19.7. The molecular weight excluding hydrogens is 348 g/mol. The fourth-order valence-electron chi connectivity index (χ4n) is 3.42. The van der Waals surface area contributed by atoms with Crippen molar-refractivity contribution in [3.63, 3.8) is 0 Å². The van der Waals surface area contributed by atoms with E-state index < -0.39 is 0 Å². The topological polar surface area (TPSA) is 57.3 Å². The van der Waals surface area contributed by atoms with Crippen molar-refractivity contribution < 1.29 is 4.79 Å². The van der Waals surface area contributed by atoms with E-state index >= 15 is 0 Å². The number of amides is 1. The van der Waals surface area contributed by atoms with Gasteiger partial charge in [0.15, 0.2) is 0 Å². The second-order valence-corrected chi connectivity index (χ2v) is 7.59. The lowest BCUT2D eigenvalue weighted by atomic mass is 10.1. The van der Waals surface area contributed by atoms with E-state index in [2.05, 4.69) is 53.9 Å². The number of hydrogen-bond acceptors (Lipinski definition) is 4. The average molecular weight is 374 g/mol. The predicted molar refractivity (Wildman–Crippen MR) is 114 cm³/mol. The minimum atomic E-state index is -0.0173. The predicted octanol–water partition coefficient (Wildman–Crippen LogP) is 3.84. The van der Waals surface area contributed by atoms with Gasteiger partial charge in [0.05, 0.1) is 17.1 Å². The van der Waals surface area contributed by atoms with E-state index in [1.807, 2.05) is 36.4 Å². The summed E-state index contributed by atoms with van der Waals surface area (Å²) in [5.74, 6) is 0.707. The number of para-hydroxylation sites is 1. The summed E-state index contributed by atoms with van der Waals surface area (Å²) in [6, 6.07) is 20.6. The molecule has 1 saturated carbocycles. The number of nitrogens with one attached hydrogen (secondary N) is 2. The van der Waals surface area contributed by atoms with Gasteiger partial charge in [-0.15, -0.1) is 0 Å². The van der Waals surface area contributed by atoms with E-state index in [1.165, 1.54) is 5.56 Å². The average Bonchev–Trinajstić information content (AvgIpc) is 3.52. The number of carbonyl (C=O) groups excluding carboxylic acids is 1. The Morgan fingerprint density at radius 3 is 2.54 bits per heavy atom. The fourth-order valence-corrected chi connectivity index (χ4v) is 3.42. The lowest BCUT2D eigenvalue weighted by Gasteiger charge is -2.25. The molecular formula is C23H26N4O. The first-order valence-corrected chi connectivity index (χ1v) is 9.77. The van der Waals surface area contributed by atoms with Crippen LogP contribution in [-0.2, 0) is 0 Å². The molecule has 0 aliphatic heterocycles. The number of nitrogens with zero attached hydrogens (tertiary/aromatic N) is 2. The van der Waals surface area contributed by atoms with Crippen LogP contribution >= 0.6 is 0 Å². The molecule has 1 heterocycles. The van der Waals surface area contributed by atoms with Crippen LogP contribution in [0.1, 0.15) is 34.8 Å². The highest BCUT2D eigenvalue weighted by atomic mass is 16.1. The highest BCUT2D eigenvalue weighted by molar-refractivity contribution is 6.07. The number of pyridine rings is 1. The van der Waals surface area contributed by atoms with Crippen LogP contribution in [0.4, 0.5) is 5.82 Å². The monoisotopic (exact) mass is 374 g/mol. The Hall–Kier alpha value is -2.92. The van der Waals surface area contributed by atoms with Crippen LogP contribution < -0.4 is 10.6 Å². The zero-order valence-electron chi connectivity index (χ0n) is 16.4. The molecule has 3 aromatic rings. The van der Waals surface area contributed by atoms with Crippen LogP contribution in [-0.4, -0.2) is 42.5 Å². The van der Waals surface area contributed by atoms with E-state index in [4.69, 9.17) is 4.98 Å². The van der Waals surface area contributed by atoms with E-state index in [1.54, 1.807) is 0 Å². The highest BCUT2D eigenvalue weighted by Gasteiger charge is 2.25. The number of carbonyl (C=O) groups is 1. The molecule has 5 heteroatoms. The molecule has 1 aromatic heterocycles. The Morgan fingerprint density at radius 1 is 1.11 bits per heavy atom. The number of aromatic nitrogens is 1. The summed E-state index contributed by atoms with van der Waals surface area (Å²) in [6.07, 6.45) is 2.14. The minimum Gasteiger partial charge on any atom is -0.368 e. The number of anilines is 1. The Balaban J connectivity index is 1.60. The molecule has 1 aliphatic rings. The number of hydrogen-bond donors (Lipinski definition) is 2. The molecule has 1 atom stereocenters. The van der Waals surface area contributed by atoms with Gasteiger partial charge in [-0.3, -0.25) is 4.79 Å². The van der Waals surface area contributed by atoms with Gasteiger partial charge >= 0.3 is 0 Å². The molecule has 1 amide bonds. The Morgan fingerprint density at radius 2 is 1.82 bits per heavy atom. The molecule has 28 heavy (non-hydrogen) atoms. The summed E-state index contributed by atoms with van der Waals surface area (Å²) in [5.41, 5.74) is 2.75. The highest BCUT2D eigenvalue weighted by Crippen LogP contribution is 2.25. The molecule has 1 unspecified atom stereocenters. The van der Waals surface area contributed by atoms with Crippen LogP contribution in [0, 0.1) is 0 Å². The van der Waals surface area contributed by atoms with Gasteiger partial charge in [0.1, 0.15) is 5.82 Å². The molecule has 0 saturated heterocycles. The zero-order chi connectivity index (χ0) is 19.5. The van der Waals surface area contributed by atoms with Gasteiger partial charge in [-0.2, -0.15) is 0 Å². The molecule has 2 aromatic carbocycles. The third kappa shape index (κ3) is 4.15. The van der Waals surface area contributed by atoms with Gasteiger partial charge in [0, 0.05) is 18.0 Å². The number of rotatable bonds is 7. The maximum Gasteiger partial charge on any atom is 0.252 e. The van der Waals surface area contributed by atoms with Crippen molar-refractivity contribution in [3.05, 3.63) is 71.8 Å². The SMILES string of the molecule is CN(C)C(CNc1cc(C(=O)NC2CC2)c2ccccc2n1)c1ccccc1. The minimum absolute atomic E-state index is 0.0173. The number of benzene rings is 2. The van der Waals surface area contributed by atoms with E-state index in [0.717, 1.165) is 29.6 Å². The standard InChI is InChI=1S/C23H26N4O/c1-27(2)21(16-8-4-3-5-9-16)15-24-22-14-19(23(28)25-17-12-13-17)18-10-6-7-11-20(18)26-22/h3-11,14,17,21H,12-13,15H2,1-2H3,(H,24,26)(H,25,28). The van der Waals surface area contributed by atoms with Crippen LogP contribution in [0.2, 0.25) is 0 Å². The van der Waals surface area contributed by atoms with Crippen LogP contribution in [0.25, 0.3) is 10.9 Å². The number of fused-ring (bicyclic) bond motifs is 1. The third-order valence-electron chi connectivity index (χ3n) is 5.16. The van der Waals surface area contributed by atoms with Crippen molar-refractivity contribution in [1.29, 1.82) is 0 Å². The van der Waals surface area contributed by atoms with Crippen LogP contribution in [0.3, 0.4) is 0 Å². The lowest BCUT2D eigenvalue weighted by Crippen LogP contribution is -2.28. The van der Waals surface area contributed by atoms with Gasteiger partial charge < -0.3 is 15.5 Å². The molecule has 0 bridgehead atoms. The number of likely N-dealkylation sites (N-methyl/N-ethyl adjacent to an activating group) is 1. The smallest absolute Gasteiger partial charge is 0.252 e.